The summed E-state index contributed by atoms with van der Waals surface area (Å²) < 4.78 is 0. The second-order valence-corrected chi connectivity index (χ2v) is 4.54. The Labute approximate surface area is 81.3 Å². The third-order valence-electron chi connectivity index (χ3n) is 2.86. The van der Waals surface area contributed by atoms with Crippen LogP contribution in [0.3, 0.4) is 0 Å². The van der Waals surface area contributed by atoms with Crippen molar-refractivity contribution in [2.45, 2.75) is 45.6 Å². The van der Waals surface area contributed by atoms with E-state index in [4.69, 9.17) is 0 Å². The molecule has 0 amide bonds. The fourth-order valence-electron chi connectivity index (χ4n) is 1.88. The van der Waals surface area contributed by atoms with E-state index in [1.54, 1.807) is 0 Å². The smallest absolute Gasteiger partial charge is 0.149 e. The molecule has 1 fully saturated rings. The fourth-order valence-corrected chi connectivity index (χ4v) is 1.88. The Bertz CT molecular complexity index is 177. The summed E-state index contributed by atoms with van der Waals surface area (Å²) in [7, 11) is 2.08. The molecule has 76 valence electrons. The van der Waals surface area contributed by atoms with E-state index in [1.807, 2.05) is 0 Å². The first-order chi connectivity index (χ1) is 6.11. The number of nitrogens with zero attached hydrogens (tertiary/aromatic N) is 1. The molecular weight excluding hydrogens is 162 g/mol. The Balaban J connectivity index is 2.30. The van der Waals surface area contributed by atoms with E-state index < -0.39 is 0 Å². The lowest BCUT2D eigenvalue weighted by atomic mass is 10.1. The molecule has 0 saturated heterocycles. The van der Waals surface area contributed by atoms with Gasteiger partial charge in [0.2, 0.25) is 0 Å². The molecule has 1 saturated carbocycles. The normalized spacial score (nSPS) is 23.5. The summed E-state index contributed by atoms with van der Waals surface area (Å²) in [5, 5.41) is 0. The van der Waals surface area contributed by atoms with Gasteiger partial charge < -0.3 is 0 Å². The molecule has 13 heavy (non-hydrogen) atoms. The van der Waals surface area contributed by atoms with Gasteiger partial charge in [0.15, 0.2) is 0 Å². The van der Waals surface area contributed by atoms with Crippen molar-refractivity contribution in [1.82, 2.24) is 4.90 Å². The number of Topliss-reactive ketones (excluding diaryl/α,β-unsaturated/α-hetero) is 1. The second kappa shape index (κ2) is 4.75. The molecule has 0 N–H and O–H groups in total. The van der Waals surface area contributed by atoms with Gasteiger partial charge in [-0.3, -0.25) is 9.69 Å². The average molecular weight is 183 g/mol. The minimum atomic E-state index is 0.235. The predicted octanol–water partition coefficient (Wildman–Crippen LogP) is 2.09. The highest BCUT2D eigenvalue weighted by atomic mass is 16.1. The summed E-state index contributed by atoms with van der Waals surface area (Å²) >= 11 is 0. The van der Waals surface area contributed by atoms with Crippen molar-refractivity contribution in [3.8, 4) is 0 Å². The largest absolute Gasteiger partial charge is 0.298 e. The van der Waals surface area contributed by atoms with Crippen LogP contribution in [0.2, 0.25) is 0 Å². The van der Waals surface area contributed by atoms with Crippen LogP contribution >= 0.6 is 0 Å². The summed E-state index contributed by atoms with van der Waals surface area (Å²) in [6.07, 6.45) is 4.17. The van der Waals surface area contributed by atoms with Gasteiger partial charge in [0.05, 0.1) is 6.04 Å². The topological polar surface area (TPSA) is 20.3 Å². The zero-order chi connectivity index (χ0) is 9.84. The van der Waals surface area contributed by atoms with Gasteiger partial charge >= 0.3 is 0 Å². The van der Waals surface area contributed by atoms with Crippen molar-refractivity contribution in [3.63, 3.8) is 0 Å². The van der Waals surface area contributed by atoms with Gasteiger partial charge in [-0.15, -0.1) is 0 Å². The maximum absolute atomic E-state index is 11.4. The van der Waals surface area contributed by atoms with Crippen LogP contribution < -0.4 is 0 Å². The first kappa shape index (κ1) is 10.7. The van der Waals surface area contributed by atoms with Crippen LogP contribution in [0.1, 0.15) is 39.5 Å². The fraction of sp³-hybridized carbons (Fsp3) is 0.909. The van der Waals surface area contributed by atoms with Crippen LogP contribution in [-0.4, -0.2) is 30.3 Å². The highest BCUT2D eigenvalue weighted by Crippen LogP contribution is 2.19. The van der Waals surface area contributed by atoms with Crippen LogP contribution in [0.4, 0.5) is 0 Å². The quantitative estimate of drug-likeness (QED) is 0.665. The molecule has 1 rings (SSSR count). The molecule has 1 atom stereocenters. The Morgan fingerprint density at radius 3 is 2.69 bits per heavy atom. The van der Waals surface area contributed by atoms with Gasteiger partial charge in [0, 0.05) is 6.42 Å². The highest BCUT2D eigenvalue weighted by molar-refractivity contribution is 5.85. The van der Waals surface area contributed by atoms with Crippen LogP contribution in [0.5, 0.6) is 0 Å². The summed E-state index contributed by atoms with van der Waals surface area (Å²) in [5.41, 5.74) is 0. The minimum Gasteiger partial charge on any atom is -0.298 e. The molecule has 0 bridgehead atoms. The third-order valence-corrected chi connectivity index (χ3v) is 2.86. The summed E-state index contributed by atoms with van der Waals surface area (Å²) in [6, 6.07) is 0.235. The number of hydrogen-bond acceptors (Lipinski definition) is 2. The lowest BCUT2D eigenvalue weighted by Gasteiger charge is -2.23. The molecule has 0 heterocycles. The van der Waals surface area contributed by atoms with E-state index in [0.29, 0.717) is 5.78 Å². The molecule has 0 aromatic heterocycles. The molecule has 1 unspecified atom stereocenters. The maximum atomic E-state index is 11.4. The third kappa shape index (κ3) is 3.11. The van der Waals surface area contributed by atoms with Gasteiger partial charge in [-0.05, 0) is 38.8 Å². The zero-order valence-electron chi connectivity index (χ0n) is 9.05. The Morgan fingerprint density at radius 2 is 2.23 bits per heavy atom. The second-order valence-electron chi connectivity index (χ2n) is 4.54. The molecule has 0 radical (unpaired) electrons. The number of carbonyl (C=O) groups is 1. The predicted molar refractivity (Wildman–Crippen MR) is 54.7 cm³/mol. The number of rotatable bonds is 4. The minimum absolute atomic E-state index is 0.235. The standard InChI is InChI=1S/C11H21NO/c1-9(2)7-8-12(3)10-5-4-6-11(10)13/h9-10H,4-8H2,1-3H3. The summed E-state index contributed by atoms with van der Waals surface area (Å²) in [5.74, 6) is 1.19. The number of carbonyl (C=O) groups excluding carboxylic acids is 1. The first-order valence-corrected chi connectivity index (χ1v) is 5.34. The van der Waals surface area contributed by atoms with Gasteiger partial charge in [-0.2, -0.15) is 0 Å². The summed E-state index contributed by atoms with van der Waals surface area (Å²) in [4.78, 5) is 13.7. The van der Waals surface area contributed by atoms with Crippen molar-refractivity contribution in [1.29, 1.82) is 0 Å². The molecule has 0 aliphatic heterocycles. The van der Waals surface area contributed by atoms with E-state index in [0.717, 1.165) is 31.7 Å². The van der Waals surface area contributed by atoms with E-state index in [2.05, 4.69) is 25.8 Å². The molecular formula is C11H21NO. The molecule has 0 aromatic rings. The summed E-state index contributed by atoms with van der Waals surface area (Å²) in [6.45, 7) is 5.52. The van der Waals surface area contributed by atoms with Crippen molar-refractivity contribution in [2.75, 3.05) is 13.6 Å². The molecule has 0 spiro atoms. The van der Waals surface area contributed by atoms with Crippen LogP contribution in [0, 0.1) is 5.92 Å². The van der Waals surface area contributed by atoms with Gasteiger partial charge in [0.1, 0.15) is 5.78 Å². The number of ketones is 1. The van der Waals surface area contributed by atoms with E-state index >= 15 is 0 Å². The van der Waals surface area contributed by atoms with Crippen LogP contribution in [0.25, 0.3) is 0 Å². The molecule has 2 heteroatoms. The van der Waals surface area contributed by atoms with Crippen LogP contribution in [-0.2, 0) is 4.79 Å². The monoisotopic (exact) mass is 183 g/mol. The zero-order valence-corrected chi connectivity index (χ0v) is 9.05. The molecule has 1 aliphatic rings. The Kier molecular flexibility index (Phi) is 3.91. The van der Waals surface area contributed by atoms with Crippen molar-refractivity contribution in [2.24, 2.45) is 5.92 Å². The average Bonchev–Trinajstić information content (AvgIpc) is 2.47. The SMILES string of the molecule is CC(C)CCN(C)C1CCCC1=O. The van der Waals surface area contributed by atoms with Crippen molar-refractivity contribution in [3.05, 3.63) is 0 Å². The lowest BCUT2D eigenvalue weighted by molar-refractivity contribution is -0.121. The van der Waals surface area contributed by atoms with Crippen molar-refractivity contribution >= 4 is 5.78 Å². The Hall–Kier alpha value is -0.370. The van der Waals surface area contributed by atoms with Gasteiger partial charge in [0.25, 0.3) is 0 Å². The molecule has 1 aliphatic carbocycles. The van der Waals surface area contributed by atoms with E-state index in [9.17, 15) is 4.79 Å². The van der Waals surface area contributed by atoms with Crippen LogP contribution in [0.15, 0.2) is 0 Å². The van der Waals surface area contributed by atoms with Gasteiger partial charge in [-0.25, -0.2) is 0 Å². The van der Waals surface area contributed by atoms with Crippen molar-refractivity contribution < 1.29 is 4.79 Å². The van der Waals surface area contributed by atoms with E-state index in [1.165, 1.54) is 6.42 Å². The van der Waals surface area contributed by atoms with Gasteiger partial charge in [-0.1, -0.05) is 13.8 Å². The maximum Gasteiger partial charge on any atom is 0.149 e. The number of likely N-dealkylation sites (N-methyl/N-ethyl adjacent to an activating group) is 1. The lowest BCUT2D eigenvalue weighted by Crippen LogP contribution is -2.35. The number of hydrogen-bond donors (Lipinski definition) is 0. The molecule has 2 nitrogen and oxygen atoms in total. The first-order valence-electron chi connectivity index (χ1n) is 5.34. The highest BCUT2D eigenvalue weighted by Gasteiger charge is 2.27. The molecule has 0 aromatic carbocycles. The van der Waals surface area contributed by atoms with E-state index in [-0.39, 0.29) is 6.04 Å². The Morgan fingerprint density at radius 1 is 1.54 bits per heavy atom.